The van der Waals surface area contributed by atoms with Crippen LogP contribution < -0.4 is 0 Å². The van der Waals surface area contributed by atoms with Crippen LogP contribution in [0.2, 0.25) is 0 Å². The van der Waals surface area contributed by atoms with E-state index in [9.17, 15) is 5.11 Å². The lowest BCUT2D eigenvalue weighted by Crippen LogP contribution is -2.36. The van der Waals surface area contributed by atoms with Crippen LogP contribution in [0, 0.1) is 5.92 Å². The molecule has 0 aliphatic heterocycles. The molecule has 2 rings (SSSR count). The highest BCUT2D eigenvalue weighted by atomic mass is 79.9. The Morgan fingerprint density at radius 1 is 1.43 bits per heavy atom. The molecule has 1 aromatic carbocycles. The quantitative estimate of drug-likeness (QED) is 0.858. The Balaban J connectivity index is 2.28. The molecule has 0 radical (unpaired) electrons. The second-order valence-corrected chi connectivity index (χ2v) is 5.20. The third-order valence-electron chi connectivity index (χ3n) is 3.31. The summed E-state index contributed by atoms with van der Waals surface area (Å²) in [5, 5.41) is 10.4. The average molecular weight is 255 g/mol. The van der Waals surface area contributed by atoms with Gasteiger partial charge in [0.2, 0.25) is 0 Å². The topological polar surface area (TPSA) is 20.2 Å². The van der Waals surface area contributed by atoms with Crippen molar-refractivity contribution in [1.29, 1.82) is 0 Å². The summed E-state index contributed by atoms with van der Waals surface area (Å²) in [5.74, 6) is 0.441. The third kappa shape index (κ3) is 1.73. The number of halogens is 1. The molecule has 1 aliphatic carbocycles. The van der Waals surface area contributed by atoms with Gasteiger partial charge in [-0.3, -0.25) is 0 Å². The van der Waals surface area contributed by atoms with Crippen molar-refractivity contribution in [3.8, 4) is 0 Å². The van der Waals surface area contributed by atoms with Gasteiger partial charge in [0.05, 0.1) is 5.60 Å². The highest BCUT2D eigenvalue weighted by Crippen LogP contribution is 2.42. The van der Waals surface area contributed by atoms with Crippen molar-refractivity contribution < 1.29 is 5.11 Å². The first kappa shape index (κ1) is 10.2. The van der Waals surface area contributed by atoms with E-state index < -0.39 is 5.60 Å². The molecule has 1 aliphatic rings. The lowest BCUT2D eigenvalue weighted by atomic mass is 9.71. The fourth-order valence-electron chi connectivity index (χ4n) is 2.01. The van der Waals surface area contributed by atoms with Gasteiger partial charge in [0.15, 0.2) is 0 Å². The smallest absolute Gasteiger partial charge is 0.0896 e. The number of benzene rings is 1. The molecule has 0 bridgehead atoms. The first-order valence-corrected chi connectivity index (χ1v) is 5.88. The van der Waals surface area contributed by atoms with E-state index >= 15 is 0 Å². The van der Waals surface area contributed by atoms with Crippen LogP contribution in [0.1, 0.15) is 31.7 Å². The standard InChI is InChI=1S/C12H15BrO/c1-12(14,9-4-2-5-9)10-6-3-7-11(13)8-10/h3,6-9,14H,2,4-5H2,1H3. The molecule has 1 atom stereocenters. The number of aliphatic hydroxyl groups is 1. The van der Waals surface area contributed by atoms with Gasteiger partial charge in [-0.1, -0.05) is 34.5 Å². The van der Waals surface area contributed by atoms with Crippen LogP contribution in [0.3, 0.4) is 0 Å². The van der Waals surface area contributed by atoms with Crippen LogP contribution in [0.25, 0.3) is 0 Å². The molecular formula is C12H15BrO. The Labute approximate surface area is 93.3 Å². The first-order valence-electron chi connectivity index (χ1n) is 5.09. The second-order valence-electron chi connectivity index (χ2n) is 4.29. The van der Waals surface area contributed by atoms with E-state index in [0.717, 1.165) is 22.9 Å². The van der Waals surface area contributed by atoms with Crippen molar-refractivity contribution in [3.05, 3.63) is 34.3 Å². The first-order chi connectivity index (χ1) is 6.60. The van der Waals surface area contributed by atoms with Crippen LogP contribution in [-0.2, 0) is 5.60 Å². The van der Waals surface area contributed by atoms with E-state index in [1.54, 1.807) is 0 Å². The van der Waals surface area contributed by atoms with Crippen molar-refractivity contribution in [2.45, 2.75) is 31.8 Å². The fourth-order valence-corrected chi connectivity index (χ4v) is 2.41. The van der Waals surface area contributed by atoms with Crippen molar-refractivity contribution >= 4 is 15.9 Å². The highest BCUT2D eigenvalue weighted by Gasteiger charge is 2.37. The summed E-state index contributed by atoms with van der Waals surface area (Å²) in [7, 11) is 0. The molecule has 14 heavy (non-hydrogen) atoms. The molecule has 1 saturated carbocycles. The van der Waals surface area contributed by atoms with E-state index in [1.165, 1.54) is 6.42 Å². The van der Waals surface area contributed by atoms with Gasteiger partial charge in [-0.15, -0.1) is 0 Å². The van der Waals surface area contributed by atoms with Crippen molar-refractivity contribution in [2.24, 2.45) is 5.92 Å². The van der Waals surface area contributed by atoms with Crippen LogP contribution in [0.5, 0.6) is 0 Å². The average Bonchev–Trinajstić information content (AvgIpc) is 2.00. The maximum Gasteiger partial charge on any atom is 0.0896 e. The van der Waals surface area contributed by atoms with E-state index in [2.05, 4.69) is 15.9 Å². The zero-order valence-corrected chi connectivity index (χ0v) is 9.92. The summed E-state index contributed by atoms with van der Waals surface area (Å²) in [5.41, 5.74) is 0.374. The van der Waals surface area contributed by atoms with Gasteiger partial charge in [-0.05, 0) is 43.4 Å². The predicted molar refractivity (Wildman–Crippen MR) is 61.1 cm³/mol. The molecule has 0 aromatic heterocycles. The molecule has 0 spiro atoms. The van der Waals surface area contributed by atoms with E-state index in [0.29, 0.717) is 5.92 Å². The Kier molecular flexibility index (Phi) is 2.67. The monoisotopic (exact) mass is 254 g/mol. The van der Waals surface area contributed by atoms with Gasteiger partial charge in [-0.2, -0.15) is 0 Å². The largest absolute Gasteiger partial charge is 0.385 e. The maximum absolute atomic E-state index is 10.4. The second kappa shape index (κ2) is 3.67. The molecule has 0 amide bonds. The Morgan fingerprint density at radius 3 is 2.64 bits per heavy atom. The van der Waals surface area contributed by atoms with E-state index in [-0.39, 0.29) is 0 Å². The molecule has 1 unspecified atom stereocenters. The zero-order valence-electron chi connectivity index (χ0n) is 8.33. The van der Waals surface area contributed by atoms with Gasteiger partial charge in [-0.25, -0.2) is 0 Å². The zero-order chi connectivity index (χ0) is 10.2. The number of hydrogen-bond donors (Lipinski definition) is 1. The summed E-state index contributed by atoms with van der Waals surface area (Å²) < 4.78 is 1.04. The molecule has 1 aromatic rings. The maximum atomic E-state index is 10.4. The van der Waals surface area contributed by atoms with Gasteiger partial charge < -0.3 is 5.11 Å². The molecule has 76 valence electrons. The van der Waals surface area contributed by atoms with Gasteiger partial charge in [0.1, 0.15) is 0 Å². The number of hydrogen-bond acceptors (Lipinski definition) is 1. The highest BCUT2D eigenvalue weighted by molar-refractivity contribution is 9.10. The molecule has 1 N–H and O–H groups in total. The normalized spacial score (nSPS) is 21.4. The minimum Gasteiger partial charge on any atom is -0.385 e. The van der Waals surface area contributed by atoms with Crippen LogP contribution >= 0.6 is 15.9 Å². The third-order valence-corrected chi connectivity index (χ3v) is 3.80. The summed E-state index contributed by atoms with van der Waals surface area (Å²) in [6.07, 6.45) is 3.56. The summed E-state index contributed by atoms with van der Waals surface area (Å²) >= 11 is 3.43. The summed E-state index contributed by atoms with van der Waals surface area (Å²) in [4.78, 5) is 0. The number of rotatable bonds is 2. The van der Waals surface area contributed by atoms with Crippen molar-refractivity contribution in [1.82, 2.24) is 0 Å². The Hall–Kier alpha value is -0.340. The molecule has 0 saturated heterocycles. The molecule has 2 heteroatoms. The van der Waals surface area contributed by atoms with Gasteiger partial charge >= 0.3 is 0 Å². The minimum absolute atomic E-state index is 0.441. The SMILES string of the molecule is CC(O)(c1cccc(Br)c1)C1CCC1. The molecular weight excluding hydrogens is 240 g/mol. The van der Waals surface area contributed by atoms with Crippen LogP contribution in [0.4, 0.5) is 0 Å². The molecule has 1 nitrogen and oxygen atoms in total. The van der Waals surface area contributed by atoms with Crippen LogP contribution in [-0.4, -0.2) is 5.11 Å². The Bertz CT molecular complexity index is 329. The Morgan fingerprint density at radius 2 is 2.14 bits per heavy atom. The minimum atomic E-state index is -0.651. The van der Waals surface area contributed by atoms with Crippen molar-refractivity contribution in [3.63, 3.8) is 0 Å². The van der Waals surface area contributed by atoms with E-state index in [1.807, 2.05) is 31.2 Å². The van der Waals surface area contributed by atoms with E-state index in [4.69, 9.17) is 0 Å². The summed E-state index contributed by atoms with van der Waals surface area (Å²) in [6, 6.07) is 7.98. The van der Waals surface area contributed by atoms with Gasteiger partial charge in [0.25, 0.3) is 0 Å². The van der Waals surface area contributed by atoms with Crippen molar-refractivity contribution in [2.75, 3.05) is 0 Å². The van der Waals surface area contributed by atoms with Crippen LogP contribution in [0.15, 0.2) is 28.7 Å². The fraction of sp³-hybridized carbons (Fsp3) is 0.500. The predicted octanol–water partition coefficient (Wildman–Crippen LogP) is 3.46. The van der Waals surface area contributed by atoms with Gasteiger partial charge in [0, 0.05) is 4.47 Å². The molecule has 1 fully saturated rings. The summed E-state index contributed by atoms with van der Waals surface area (Å²) in [6.45, 7) is 1.93. The lowest BCUT2D eigenvalue weighted by Gasteiger charge is -2.39. The molecule has 0 heterocycles. The lowest BCUT2D eigenvalue weighted by molar-refractivity contribution is -0.0399.